The molecule has 0 spiro atoms. The number of aryl methyl sites for hydroxylation is 1. The summed E-state index contributed by atoms with van der Waals surface area (Å²) in [6.45, 7) is 1.83. The Kier molecular flexibility index (Phi) is 3.14. The van der Waals surface area contributed by atoms with Crippen LogP contribution < -0.4 is 5.73 Å². The second-order valence-corrected chi connectivity index (χ2v) is 4.45. The zero-order valence-electron chi connectivity index (χ0n) is 9.13. The number of halogens is 1. The molecule has 5 nitrogen and oxygen atoms in total. The molecule has 1 aromatic heterocycles. The third-order valence-corrected chi connectivity index (χ3v) is 2.64. The molecule has 0 bridgehead atoms. The molecule has 1 heterocycles. The Morgan fingerprint density at radius 1 is 1.53 bits per heavy atom. The van der Waals surface area contributed by atoms with E-state index in [1.807, 2.05) is 6.92 Å². The monoisotopic (exact) mass is 294 g/mol. The second kappa shape index (κ2) is 4.58. The molecule has 0 aliphatic carbocycles. The topological polar surface area (TPSA) is 76.4 Å². The largest absolute Gasteiger partial charge is 0.507 e. The van der Waals surface area contributed by atoms with Crippen molar-refractivity contribution >= 4 is 28.1 Å². The molecule has 2 rings (SSSR count). The average Bonchev–Trinajstić information content (AvgIpc) is 2.59. The molecule has 0 amide bonds. The molecular formula is C11H11BrN4O. The van der Waals surface area contributed by atoms with Gasteiger partial charge in [0.1, 0.15) is 5.75 Å². The maximum Gasteiger partial charge on any atom is 0.221 e. The molecule has 0 saturated heterocycles. The number of hydrogen-bond donors (Lipinski definition) is 2. The van der Waals surface area contributed by atoms with Gasteiger partial charge >= 0.3 is 0 Å². The van der Waals surface area contributed by atoms with Crippen LogP contribution in [0, 0.1) is 6.92 Å². The number of rotatable bonds is 2. The highest BCUT2D eigenvalue weighted by atomic mass is 79.9. The fourth-order valence-corrected chi connectivity index (χ4v) is 1.73. The number of nitrogen functional groups attached to an aromatic ring is 1. The molecule has 3 N–H and O–H groups in total. The highest BCUT2D eigenvalue weighted by Gasteiger charge is 2.01. The minimum Gasteiger partial charge on any atom is -0.507 e. The van der Waals surface area contributed by atoms with E-state index in [4.69, 9.17) is 5.73 Å². The summed E-state index contributed by atoms with van der Waals surface area (Å²) >= 11 is 3.32. The summed E-state index contributed by atoms with van der Waals surface area (Å²) in [7, 11) is 0. The van der Waals surface area contributed by atoms with Gasteiger partial charge in [-0.05, 0) is 25.1 Å². The van der Waals surface area contributed by atoms with Crippen molar-refractivity contribution in [1.82, 2.24) is 9.66 Å². The summed E-state index contributed by atoms with van der Waals surface area (Å²) in [6, 6.07) is 5.11. The Balaban J connectivity index is 2.31. The Hall–Kier alpha value is -1.82. The minimum absolute atomic E-state index is 0.160. The Morgan fingerprint density at radius 2 is 2.29 bits per heavy atom. The summed E-state index contributed by atoms with van der Waals surface area (Å²) in [5.74, 6) is 0.473. The van der Waals surface area contributed by atoms with Gasteiger partial charge in [-0.15, -0.1) is 0 Å². The number of aromatic hydroxyl groups is 1. The molecule has 1 aromatic carbocycles. The Bertz CT molecular complexity index is 577. The molecule has 0 saturated carbocycles. The summed E-state index contributed by atoms with van der Waals surface area (Å²) in [5.41, 5.74) is 7.03. The van der Waals surface area contributed by atoms with Gasteiger partial charge in [-0.3, -0.25) is 0 Å². The van der Waals surface area contributed by atoms with E-state index in [1.165, 1.54) is 10.9 Å². The number of hydrogen-bond acceptors (Lipinski definition) is 4. The Labute approximate surface area is 107 Å². The molecule has 0 atom stereocenters. The van der Waals surface area contributed by atoms with E-state index in [0.29, 0.717) is 11.5 Å². The smallest absolute Gasteiger partial charge is 0.221 e. The lowest BCUT2D eigenvalue weighted by molar-refractivity contribution is 0.474. The molecule has 0 unspecified atom stereocenters. The fraction of sp³-hybridized carbons (Fsp3) is 0.0909. The van der Waals surface area contributed by atoms with E-state index in [-0.39, 0.29) is 5.75 Å². The van der Waals surface area contributed by atoms with Gasteiger partial charge in [0.05, 0.1) is 18.1 Å². The average molecular weight is 295 g/mol. The molecule has 6 heteroatoms. The summed E-state index contributed by atoms with van der Waals surface area (Å²) in [4.78, 5) is 4.02. The standard InChI is InChI=1S/C11H11BrN4O/c1-7-6-16(11(13)15-7)14-5-8-4-9(12)2-3-10(8)17/h2-6,17H,1H3,(H2,13,15). The van der Waals surface area contributed by atoms with Crippen LogP contribution in [-0.4, -0.2) is 21.0 Å². The van der Waals surface area contributed by atoms with E-state index in [1.54, 1.807) is 24.4 Å². The summed E-state index contributed by atoms with van der Waals surface area (Å²) in [6.07, 6.45) is 3.23. The predicted molar refractivity (Wildman–Crippen MR) is 70.2 cm³/mol. The first kappa shape index (κ1) is 11.7. The lowest BCUT2D eigenvalue weighted by Crippen LogP contribution is -1.97. The highest BCUT2D eigenvalue weighted by molar-refractivity contribution is 9.10. The van der Waals surface area contributed by atoms with Gasteiger partial charge in [-0.2, -0.15) is 5.10 Å². The third kappa shape index (κ3) is 2.65. The number of benzene rings is 1. The van der Waals surface area contributed by atoms with Crippen molar-refractivity contribution in [3.63, 3.8) is 0 Å². The van der Waals surface area contributed by atoms with Gasteiger partial charge in [-0.25, -0.2) is 9.66 Å². The van der Waals surface area contributed by atoms with Crippen LogP contribution in [0.3, 0.4) is 0 Å². The van der Waals surface area contributed by atoms with Crippen molar-refractivity contribution in [2.45, 2.75) is 6.92 Å². The van der Waals surface area contributed by atoms with Crippen LogP contribution in [0.15, 0.2) is 34.0 Å². The number of aromatic nitrogens is 2. The normalized spacial score (nSPS) is 11.2. The van der Waals surface area contributed by atoms with Crippen LogP contribution in [0.5, 0.6) is 5.75 Å². The lowest BCUT2D eigenvalue weighted by atomic mass is 10.2. The molecular weight excluding hydrogens is 284 g/mol. The van der Waals surface area contributed by atoms with E-state index < -0.39 is 0 Å². The Morgan fingerprint density at radius 3 is 2.94 bits per heavy atom. The van der Waals surface area contributed by atoms with E-state index in [9.17, 15) is 5.11 Å². The van der Waals surface area contributed by atoms with Crippen molar-refractivity contribution in [3.8, 4) is 5.75 Å². The minimum atomic E-state index is 0.160. The molecule has 17 heavy (non-hydrogen) atoms. The summed E-state index contributed by atoms with van der Waals surface area (Å²) in [5, 5.41) is 13.7. The molecule has 88 valence electrons. The number of imidazole rings is 1. The molecule has 2 aromatic rings. The van der Waals surface area contributed by atoms with Crippen LogP contribution in [-0.2, 0) is 0 Å². The van der Waals surface area contributed by atoms with E-state index in [2.05, 4.69) is 26.0 Å². The number of phenolic OH excluding ortho intramolecular Hbond substituents is 1. The van der Waals surface area contributed by atoms with Gasteiger partial charge in [0, 0.05) is 10.0 Å². The van der Waals surface area contributed by atoms with E-state index >= 15 is 0 Å². The predicted octanol–water partition coefficient (Wildman–Crippen LogP) is 2.12. The highest BCUT2D eigenvalue weighted by Crippen LogP contribution is 2.20. The fourth-order valence-electron chi connectivity index (χ4n) is 1.35. The first-order valence-electron chi connectivity index (χ1n) is 4.90. The third-order valence-electron chi connectivity index (χ3n) is 2.15. The van der Waals surface area contributed by atoms with Crippen molar-refractivity contribution in [2.24, 2.45) is 5.10 Å². The molecule has 0 aliphatic heterocycles. The van der Waals surface area contributed by atoms with Crippen LogP contribution in [0.25, 0.3) is 0 Å². The van der Waals surface area contributed by atoms with E-state index in [0.717, 1.165) is 10.2 Å². The first-order valence-corrected chi connectivity index (χ1v) is 5.70. The van der Waals surface area contributed by atoms with Crippen molar-refractivity contribution in [2.75, 3.05) is 5.73 Å². The van der Waals surface area contributed by atoms with Gasteiger partial charge in [0.15, 0.2) is 0 Å². The zero-order valence-corrected chi connectivity index (χ0v) is 10.7. The van der Waals surface area contributed by atoms with Crippen LogP contribution in [0.1, 0.15) is 11.3 Å². The quantitative estimate of drug-likeness (QED) is 0.833. The SMILES string of the molecule is Cc1cn(N=Cc2cc(Br)ccc2O)c(N)n1. The van der Waals surface area contributed by atoms with Gasteiger partial charge < -0.3 is 10.8 Å². The molecule has 0 fully saturated rings. The number of anilines is 1. The van der Waals surface area contributed by atoms with Crippen LogP contribution >= 0.6 is 15.9 Å². The van der Waals surface area contributed by atoms with Crippen molar-refractivity contribution in [3.05, 3.63) is 40.1 Å². The van der Waals surface area contributed by atoms with Crippen LogP contribution in [0.2, 0.25) is 0 Å². The number of nitrogens with two attached hydrogens (primary N) is 1. The first-order chi connectivity index (χ1) is 8.06. The van der Waals surface area contributed by atoms with Gasteiger partial charge in [0.2, 0.25) is 5.95 Å². The summed E-state index contributed by atoms with van der Waals surface area (Å²) < 4.78 is 2.32. The van der Waals surface area contributed by atoms with Crippen LogP contribution in [0.4, 0.5) is 5.95 Å². The lowest BCUT2D eigenvalue weighted by Gasteiger charge is -1.99. The van der Waals surface area contributed by atoms with Crippen molar-refractivity contribution in [1.29, 1.82) is 0 Å². The maximum atomic E-state index is 9.62. The molecule has 0 aliphatic rings. The van der Waals surface area contributed by atoms with Crippen molar-refractivity contribution < 1.29 is 5.11 Å². The zero-order chi connectivity index (χ0) is 12.4. The van der Waals surface area contributed by atoms with Gasteiger partial charge in [0.25, 0.3) is 0 Å². The van der Waals surface area contributed by atoms with Gasteiger partial charge in [-0.1, -0.05) is 15.9 Å². The molecule has 0 radical (unpaired) electrons. The maximum absolute atomic E-state index is 9.62. The number of phenols is 1. The number of nitrogens with zero attached hydrogens (tertiary/aromatic N) is 3. The second-order valence-electron chi connectivity index (χ2n) is 3.53.